The molecule has 76 valence electrons. The van der Waals surface area contributed by atoms with Gasteiger partial charge in [0.15, 0.2) is 0 Å². The first kappa shape index (κ1) is 11.2. The van der Waals surface area contributed by atoms with Gasteiger partial charge in [-0.3, -0.25) is 4.79 Å². The summed E-state index contributed by atoms with van der Waals surface area (Å²) in [4.78, 5) is 10.6. The van der Waals surface area contributed by atoms with Gasteiger partial charge in [0.25, 0.3) is 0 Å². The molecule has 0 amide bonds. The van der Waals surface area contributed by atoms with Crippen LogP contribution in [-0.4, -0.2) is 18.2 Å². The fraction of sp³-hybridized carbons (Fsp3) is 0.300. The molecule has 0 aliphatic rings. The average molecular weight is 259 g/mol. The van der Waals surface area contributed by atoms with Gasteiger partial charge >= 0.3 is 5.97 Å². The summed E-state index contributed by atoms with van der Waals surface area (Å²) in [7, 11) is 1.59. The molecule has 0 atom stereocenters. The van der Waals surface area contributed by atoms with E-state index >= 15 is 0 Å². The van der Waals surface area contributed by atoms with Crippen molar-refractivity contribution in [3.8, 4) is 0 Å². The maximum Gasteiger partial charge on any atom is 0.307 e. The highest BCUT2D eigenvalue weighted by Crippen LogP contribution is 2.18. The van der Waals surface area contributed by atoms with Gasteiger partial charge in [0.2, 0.25) is 0 Å². The van der Waals surface area contributed by atoms with Crippen LogP contribution in [0.5, 0.6) is 0 Å². The third-order valence-corrected chi connectivity index (χ3v) is 2.30. The second-order valence-corrected chi connectivity index (χ2v) is 3.83. The quantitative estimate of drug-likeness (QED) is 0.901. The minimum absolute atomic E-state index is 0.0337. The van der Waals surface area contributed by atoms with Gasteiger partial charge in [0.1, 0.15) is 0 Å². The largest absolute Gasteiger partial charge is 0.481 e. The van der Waals surface area contributed by atoms with Crippen LogP contribution in [0.4, 0.5) is 0 Å². The first-order valence-corrected chi connectivity index (χ1v) is 4.91. The summed E-state index contributed by atoms with van der Waals surface area (Å²) >= 11 is 3.33. The lowest BCUT2D eigenvalue weighted by Gasteiger charge is -2.07. The van der Waals surface area contributed by atoms with Crippen molar-refractivity contribution in [2.75, 3.05) is 7.11 Å². The maximum atomic E-state index is 10.6. The van der Waals surface area contributed by atoms with E-state index in [-0.39, 0.29) is 6.42 Å². The van der Waals surface area contributed by atoms with Crippen LogP contribution in [0, 0.1) is 0 Å². The number of rotatable bonds is 4. The number of carboxylic acid groups (broad SMARTS) is 1. The van der Waals surface area contributed by atoms with Gasteiger partial charge in [-0.2, -0.15) is 0 Å². The molecule has 4 heteroatoms. The Morgan fingerprint density at radius 3 is 2.79 bits per heavy atom. The van der Waals surface area contributed by atoms with Crippen LogP contribution in [0.3, 0.4) is 0 Å². The molecule has 0 aromatic heterocycles. The Bertz CT molecular complexity index is 336. The standard InChI is InChI=1S/C10H11BrO3/c1-14-6-8-4-9(11)3-2-7(8)5-10(12)13/h2-4H,5-6H2,1H3,(H,12,13). The van der Waals surface area contributed by atoms with Crippen LogP contribution in [0.2, 0.25) is 0 Å². The second-order valence-electron chi connectivity index (χ2n) is 2.92. The molecule has 0 saturated carbocycles. The summed E-state index contributed by atoms with van der Waals surface area (Å²) in [5.74, 6) is -0.829. The Hall–Kier alpha value is -0.870. The van der Waals surface area contributed by atoms with Crippen molar-refractivity contribution in [2.45, 2.75) is 13.0 Å². The SMILES string of the molecule is COCc1cc(Br)ccc1CC(=O)O. The molecule has 0 aliphatic carbocycles. The molecule has 0 fully saturated rings. The van der Waals surface area contributed by atoms with E-state index in [0.29, 0.717) is 6.61 Å². The van der Waals surface area contributed by atoms with Gasteiger partial charge in [-0.25, -0.2) is 0 Å². The lowest BCUT2D eigenvalue weighted by atomic mass is 10.1. The van der Waals surface area contributed by atoms with Gasteiger partial charge in [-0.15, -0.1) is 0 Å². The second kappa shape index (κ2) is 5.12. The number of carbonyl (C=O) groups is 1. The van der Waals surface area contributed by atoms with E-state index in [0.717, 1.165) is 15.6 Å². The number of hydrogen-bond acceptors (Lipinski definition) is 2. The van der Waals surface area contributed by atoms with Crippen LogP contribution in [0.25, 0.3) is 0 Å². The van der Waals surface area contributed by atoms with Crippen molar-refractivity contribution in [3.63, 3.8) is 0 Å². The van der Waals surface area contributed by atoms with E-state index in [1.54, 1.807) is 13.2 Å². The van der Waals surface area contributed by atoms with Crippen LogP contribution in [0.1, 0.15) is 11.1 Å². The lowest BCUT2D eigenvalue weighted by Crippen LogP contribution is -2.04. The van der Waals surface area contributed by atoms with Crippen molar-refractivity contribution in [1.82, 2.24) is 0 Å². The number of carboxylic acids is 1. The number of hydrogen-bond donors (Lipinski definition) is 1. The van der Waals surface area contributed by atoms with E-state index < -0.39 is 5.97 Å². The van der Waals surface area contributed by atoms with E-state index in [2.05, 4.69) is 15.9 Å². The van der Waals surface area contributed by atoms with Gasteiger partial charge in [-0.05, 0) is 23.3 Å². The first-order valence-electron chi connectivity index (χ1n) is 4.11. The Morgan fingerprint density at radius 2 is 2.21 bits per heavy atom. The Labute approximate surface area is 90.8 Å². The van der Waals surface area contributed by atoms with Crippen molar-refractivity contribution in [1.29, 1.82) is 0 Å². The zero-order valence-electron chi connectivity index (χ0n) is 7.79. The molecular weight excluding hydrogens is 248 g/mol. The van der Waals surface area contributed by atoms with Gasteiger partial charge in [0.05, 0.1) is 13.0 Å². The molecule has 3 nitrogen and oxygen atoms in total. The smallest absolute Gasteiger partial charge is 0.307 e. The number of ether oxygens (including phenoxy) is 1. The van der Waals surface area contributed by atoms with Crippen molar-refractivity contribution in [2.24, 2.45) is 0 Å². The third-order valence-electron chi connectivity index (χ3n) is 1.81. The van der Waals surface area contributed by atoms with Crippen molar-refractivity contribution in [3.05, 3.63) is 33.8 Å². The molecular formula is C10H11BrO3. The molecule has 0 spiro atoms. The fourth-order valence-corrected chi connectivity index (χ4v) is 1.63. The molecule has 14 heavy (non-hydrogen) atoms. The summed E-state index contributed by atoms with van der Waals surface area (Å²) in [6.07, 6.45) is 0.0337. The van der Waals surface area contributed by atoms with Crippen LogP contribution in [-0.2, 0) is 22.6 Å². The summed E-state index contributed by atoms with van der Waals surface area (Å²) in [6.45, 7) is 0.433. The van der Waals surface area contributed by atoms with E-state index in [9.17, 15) is 4.79 Å². The normalized spacial score (nSPS) is 10.1. The van der Waals surface area contributed by atoms with E-state index in [4.69, 9.17) is 9.84 Å². The van der Waals surface area contributed by atoms with Crippen LogP contribution in [0.15, 0.2) is 22.7 Å². The molecule has 1 aromatic rings. The molecule has 0 heterocycles. The molecule has 0 aliphatic heterocycles. The first-order chi connectivity index (χ1) is 6.63. The molecule has 1 aromatic carbocycles. The zero-order chi connectivity index (χ0) is 10.6. The highest BCUT2D eigenvalue weighted by atomic mass is 79.9. The minimum atomic E-state index is -0.829. The van der Waals surface area contributed by atoms with Gasteiger partial charge in [-0.1, -0.05) is 22.0 Å². The summed E-state index contributed by atoms with van der Waals surface area (Å²) in [5, 5.41) is 8.68. The molecule has 0 unspecified atom stereocenters. The van der Waals surface area contributed by atoms with Crippen LogP contribution < -0.4 is 0 Å². The third kappa shape index (κ3) is 3.12. The fourth-order valence-electron chi connectivity index (χ4n) is 1.22. The predicted molar refractivity (Wildman–Crippen MR) is 56.2 cm³/mol. The van der Waals surface area contributed by atoms with Gasteiger partial charge < -0.3 is 9.84 Å². The van der Waals surface area contributed by atoms with Crippen molar-refractivity contribution < 1.29 is 14.6 Å². The number of aliphatic carboxylic acids is 1. The Morgan fingerprint density at radius 1 is 1.50 bits per heavy atom. The zero-order valence-corrected chi connectivity index (χ0v) is 9.37. The Balaban J connectivity index is 2.95. The van der Waals surface area contributed by atoms with Crippen LogP contribution >= 0.6 is 15.9 Å². The summed E-state index contributed by atoms with van der Waals surface area (Å²) in [5.41, 5.74) is 1.70. The number of halogens is 1. The molecule has 0 radical (unpaired) electrons. The highest BCUT2D eigenvalue weighted by molar-refractivity contribution is 9.10. The topological polar surface area (TPSA) is 46.5 Å². The Kier molecular flexibility index (Phi) is 4.10. The summed E-state index contributed by atoms with van der Waals surface area (Å²) < 4.78 is 5.92. The molecule has 1 N–H and O–H groups in total. The molecule has 0 bridgehead atoms. The predicted octanol–water partition coefficient (Wildman–Crippen LogP) is 2.22. The minimum Gasteiger partial charge on any atom is -0.481 e. The van der Waals surface area contributed by atoms with Gasteiger partial charge in [0, 0.05) is 11.6 Å². The summed E-state index contributed by atoms with van der Waals surface area (Å²) in [6, 6.07) is 5.51. The average Bonchev–Trinajstić information content (AvgIpc) is 2.09. The molecule has 0 saturated heterocycles. The van der Waals surface area contributed by atoms with E-state index in [1.807, 2.05) is 12.1 Å². The lowest BCUT2D eigenvalue weighted by molar-refractivity contribution is -0.136. The number of methoxy groups -OCH3 is 1. The maximum absolute atomic E-state index is 10.6. The molecule has 1 rings (SSSR count). The number of benzene rings is 1. The monoisotopic (exact) mass is 258 g/mol. The van der Waals surface area contributed by atoms with Crippen molar-refractivity contribution >= 4 is 21.9 Å². The van der Waals surface area contributed by atoms with E-state index in [1.165, 1.54) is 0 Å². The highest BCUT2D eigenvalue weighted by Gasteiger charge is 2.06.